The minimum absolute atomic E-state index is 0.0201. The molecule has 0 aliphatic rings. The second kappa shape index (κ2) is 8.82. The van der Waals surface area contributed by atoms with Gasteiger partial charge in [-0.3, -0.25) is 9.59 Å². The summed E-state index contributed by atoms with van der Waals surface area (Å²) in [4.78, 5) is 23.7. The van der Waals surface area contributed by atoms with Gasteiger partial charge in [-0.25, -0.2) is 4.39 Å². The number of rotatable bonds is 7. The average Bonchev–Trinajstić information content (AvgIpc) is 2.54. The zero-order valence-electron chi connectivity index (χ0n) is 14.2. The molecule has 2 N–H and O–H groups in total. The number of benzene rings is 2. The van der Waals surface area contributed by atoms with Gasteiger partial charge in [-0.15, -0.1) is 0 Å². The van der Waals surface area contributed by atoms with E-state index in [-0.39, 0.29) is 30.9 Å². The van der Waals surface area contributed by atoms with Crippen LogP contribution in [0, 0.1) is 5.82 Å². The highest BCUT2D eigenvalue weighted by molar-refractivity contribution is 5.94. The van der Waals surface area contributed by atoms with Crippen molar-refractivity contribution in [3.05, 3.63) is 59.9 Å². The Hall–Kier alpha value is -2.89. The van der Waals surface area contributed by atoms with Crippen molar-refractivity contribution in [2.45, 2.75) is 26.4 Å². The van der Waals surface area contributed by atoms with Crippen molar-refractivity contribution < 1.29 is 18.7 Å². The predicted molar refractivity (Wildman–Crippen MR) is 93.9 cm³/mol. The maximum atomic E-state index is 13.1. The highest BCUT2D eigenvalue weighted by Crippen LogP contribution is 2.16. The van der Waals surface area contributed by atoms with E-state index in [1.54, 1.807) is 30.3 Å². The SMILES string of the molecule is CC(C)Oc1ccc(NC(=O)CNC(=O)Cc2cccc(F)c2)cc1. The lowest BCUT2D eigenvalue weighted by Gasteiger charge is -2.11. The molecular weight excluding hydrogens is 323 g/mol. The number of carbonyl (C=O) groups is 2. The first-order chi connectivity index (χ1) is 11.9. The lowest BCUT2D eigenvalue weighted by atomic mass is 10.1. The lowest BCUT2D eigenvalue weighted by Crippen LogP contribution is -2.33. The van der Waals surface area contributed by atoms with Gasteiger partial charge in [0.2, 0.25) is 11.8 Å². The van der Waals surface area contributed by atoms with Crippen LogP contribution in [0.25, 0.3) is 0 Å². The molecule has 0 saturated heterocycles. The Kier molecular flexibility index (Phi) is 6.51. The molecule has 0 atom stereocenters. The van der Waals surface area contributed by atoms with Gasteiger partial charge < -0.3 is 15.4 Å². The summed E-state index contributed by atoms with van der Waals surface area (Å²) in [6.45, 7) is 3.71. The Morgan fingerprint density at radius 1 is 1.08 bits per heavy atom. The first-order valence-electron chi connectivity index (χ1n) is 8.00. The largest absolute Gasteiger partial charge is 0.491 e. The Bertz CT molecular complexity index is 730. The summed E-state index contributed by atoms with van der Waals surface area (Å²) in [5.74, 6) is -0.365. The van der Waals surface area contributed by atoms with Gasteiger partial charge in [0.05, 0.1) is 19.1 Å². The highest BCUT2D eigenvalue weighted by atomic mass is 19.1. The van der Waals surface area contributed by atoms with Crippen LogP contribution in [-0.2, 0) is 16.0 Å². The normalized spacial score (nSPS) is 10.4. The molecule has 25 heavy (non-hydrogen) atoms. The number of ether oxygens (including phenoxy) is 1. The third kappa shape index (κ3) is 6.63. The van der Waals surface area contributed by atoms with Crippen molar-refractivity contribution >= 4 is 17.5 Å². The Labute approximate surface area is 146 Å². The van der Waals surface area contributed by atoms with Crippen LogP contribution < -0.4 is 15.4 Å². The van der Waals surface area contributed by atoms with Gasteiger partial charge in [0, 0.05) is 5.69 Å². The number of anilines is 1. The molecule has 0 aliphatic carbocycles. The van der Waals surface area contributed by atoms with E-state index in [2.05, 4.69) is 10.6 Å². The number of amides is 2. The maximum Gasteiger partial charge on any atom is 0.243 e. The molecule has 0 saturated carbocycles. The number of nitrogens with one attached hydrogen (secondary N) is 2. The van der Waals surface area contributed by atoms with Crippen LogP contribution in [0.5, 0.6) is 5.75 Å². The molecule has 0 aliphatic heterocycles. The standard InChI is InChI=1S/C19H21FN2O3/c1-13(2)25-17-8-6-16(7-9-17)22-19(24)12-21-18(23)11-14-4-3-5-15(20)10-14/h3-10,13H,11-12H2,1-2H3,(H,21,23)(H,22,24). The van der Waals surface area contributed by atoms with E-state index in [1.807, 2.05) is 13.8 Å². The van der Waals surface area contributed by atoms with Crippen molar-refractivity contribution in [2.24, 2.45) is 0 Å². The Morgan fingerprint density at radius 3 is 2.44 bits per heavy atom. The molecule has 132 valence electrons. The van der Waals surface area contributed by atoms with E-state index in [9.17, 15) is 14.0 Å². The summed E-state index contributed by atoms with van der Waals surface area (Å²) in [5, 5.41) is 5.19. The fourth-order valence-corrected chi connectivity index (χ4v) is 2.17. The topological polar surface area (TPSA) is 67.4 Å². The second-order valence-corrected chi connectivity index (χ2v) is 5.82. The lowest BCUT2D eigenvalue weighted by molar-refractivity contribution is -0.123. The molecule has 0 radical (unpaired) electrons. The molecule has 6 heteroatoms. The number of halogens is 1. The van der Waals surface area contributed by atoms with Gasteiger partial charge in [0.15, 0.2) is 0 Å². The molecule has 0 spiro atoms. The summed E-state index contributed by atoms with van der Waals surface area (Å²) >= 11 is 0. The van der Waals surface area contributed by atoms with Crippen LogP contribution in [0.4, 0.5) is 10.1 Å². The highest BCUT2D eigenvalue weighted by Gasteiger charge is 2.08. The van der Waals surface area contributed by atoms with Crippen molar-refractivity contribution in [1.29, 1.82) is 0 Å². The van der Waals surface area contributed by atoms with Crippen molar-refractivity contribution in [1.82, 2.24) is 5.32 Å². The smallest absolute Gasteiger partial charge is 0.243 e. The molecule has 0 heterocycles. The van der Waals surface area contributed by atoms with Gasteiger partial charge in [-0.2, -0.15) is 0 Å². The number of hydrogen-bond donors (Lipinski definition) is 2. The molecule has 2 amide bonds. The molecule has 2 aromatic carbocycles. The third-order valence-electron chi connectivity index (χ3n) is 3.21. The molecule has 0 bridgehead atoms. The second-order valence-electron chi connectivity index (χ2n) is 5.82. The molecule has 0 aromatic heterocycles. The van der Waals surface area contributed by atoms with Crippen LogP contribution in [-0.4, -0.2) is 24.5 Å². The molecule has 5 nitrogen and oxygen atoms in total. The first-order valence-corrected chi connectivity index (χ1v) is 8.00. The molecular formula is C19H21FN2O3. The van der Waals surface area contributed by atoms with Crippen molar-refractivity contribution in [3.63, 3.8) is 0 Å². The van der Waals surface area contributed by atoms with Crippen molar-refractivity contribution in [3.8, 4) is 5.75 Å². The predicted octanol–water partition coefficient (Wildman–Crippen LogP) is 2.91. The Balaban J connectivity index is 1.77. The Morgan fingerprint density at radius 2 is 1.80 bits per heavy atom. The van der Waals surface area contributed by atoms with Crippen LogP contribution >= 0.6 is 0 Å². The fraction of sp³-hybridized carbons (Fsp3) is 0.263. The first kappa shape index (κ1) is 18.4. The summed E-state index contributed by atoms with van der Waals surface area (Å²) in [6, 6.07) is 12.8. The minimum Gasteiger partial charge on any atom is -0.491 e. The van der Waals surface area contributed by atoms with Crippen LogP contribution in [0.1, 0.15) is 19.4 Å². The monoisotopic (exact) mass is 344 g/mol. The quantitative estimate of drug-likeness (QED) is 0.811. The number of carbonyl (C=O) groups excluding carboxylic acids is 2. The summed E-state index contributed by atoms with van der Waals surface area (Å²) < 4.78 is 18.6. The summed E-state index contributed by atoms with van der Waals surface area (Å²) in [7, 11) is 0. The van der Waals surface area contributed by atoms with Crippen LogP contribution in [0.15, 0.2) is 48.5 Å². The summed E-state index contributed by atoms with van der Waals surface area (Å²) in [5.41, 5.74) is 1.17. The molecule has 0 unspecified atom stereocenters. The van der Waals surface area contributed by atoms with Gasteiger partial charge >= 0.3 is 0 Å². The van der Waals surface area contributed by atoms with Crippen molar-refractivity contribution in [2.75, 3.05) is 11.9 Å². The zero-order valence-corrected chi connectivity index (χ0v) is 14.2. The van der Waals surface area contributed by atoms with Crippen LogP contribution in [0.2, 0.25) is 0 Å². The summed E-state index contributed by atoms with van der Waals surface area (Å²) in [6.07, 6.45) is 0.0977. The van der Waals surface area contributed by atoms with Gasteiger partial charge in [-0.1, -0.05) is 12.1 Å². The van der Waals surface area contributed by atoms with Gasteiger partial charge in [-0.05, 0) is 55.8 Å². The average molecular weight is 344 g/mol. The van der Waals surface area contributed by atoms with E-state index in [0.717, 1.165) is 5.75 Å². The van der Waals surface area contributed by atoms with Crippen LogP contribution in [0.3, 0.4) is 0 Å². The molecule has 2 aromatic rings. The fourth-order valence-electron chi connectivity index (χ4n) is 2.17. The van der Waals surface area contributed by atoms with Gasteiger partial charge in [0.1, 0.15) is 11.6 Å². The molecule has 2 rings (SSSR count). The maximum absolute atomic E-state index is 13.1. The van der Waals surface area contributed by atoms with E-state index >= 15 is 0 Å². The van der Waals surface area contributed by atoms with E-state index in [1.165, 1.54) is 18.2 Å². The molecule has 0 fully saturated rings. The zero-order chi connectivity index (χ0) is 18.2. The van der Waals surface area contributed by atoms with E-state index in [0.29, 0.717) is 11.3 Å². The minimum atomic E-state index is -0.395. The van der Waals surface area contributed by atoms with E-state index < -0.39 is 5.82 Å². The third-order valence-corrected chi connectivity index (χ3v) is 3.21. The van der Waals surface area contributed by atoms with Gasteiger partial charge in [0.25, 0.3) is 0 Å². The van der Waals surface area contributed by atoms with E-state index in [4.69, 9.17) is 4.74 Å². The number of hydrogen-bond acceptors (Lipinski definition) is 3.